The van der Waals surface area contributed by atoms with Gasteiger partial charge < -0.3 is 14.5 Å². The molecule has 0 aliphatic carbocycles. The minimum absolute atomic E-state index is 0.105. The molecule has 2 heterocycles. The van der Waals surface area contributed by atoms with E-state index in [1.807, 2.05) is 26.0 Å². The lowest BCUT2D eigenvalue weighted by atomic mass is 10.2. The Kier molecular flexibility index (Phi) is 8.39. The molecule has 0 bridgehead atoms. The number of methoxy groups -OCH3 is 1. The van der Waals surface area contributed by atoms with Crippen molar-refractivity contribution in [1.29, 1.82) is 0 Å². The van der Waals surface area contributed by atoms with Gasteiger partial charge in [-0.1, -0.05) is 36.8 Å². The third kappa shape index (κ3) is 5.32. The van der Waals surface area contributed by atoms with Gasteiger partial charge in [-0.3, -0.25) is 4.79 Å². The van der Waals surface area contributed by atoms with E-state index in [0.717, 1.165) is 28.2 Å². The first-order chi connectivity index (χ1) is 17.3. The average molecular weight is 551 g/mol. The summed E-state index contributed by atoms with van der Waals surface area (Å²) in [5.41, 5.74) is 1.23. The van der Waals surface area contributed by atoms with Gasteiger partial charge in [0, 0.05) is 44.8 Å². The van der Waals surface area contributed by atoms with Gasteiger partial charge in [-0.25, -0.2) is 13.4 Å². The average Bonchev–Trinajstić information content (AvgIpc) is 3.35. The zero-order valence-electron chi connectivity index (χ0n) is 20.7. The van der Waals surface area contributed by atoms with Crippen LogP contribution < -0.4 is 9.64 Å². The molecule has 0 atom stereocenters. The quantitative estimate of drug-likeness (QED) is 0.383. The SMILES string of the molecule is CCCN(CCC)S(=O)(=O)c1ccc(C(=O)N2CCN(c3nc4c(OC)ccc(Cl)c4s3)CC2)cc1. The summed E-state index contributed by atoms with van der Waals surface area (Å²) in [6, 6.07) is 9.92. The van der Waals surface area contributed by atoms with Crippen LogP contribution in [0.15, 0.2) is 41.3 Å². The highest BCUT2D eigenvalue weighted by Gasteiger charge is 2.27. The second kappa shape index (κ2) is 11.3. The molecule has 194 valence electrons. The van der Waals surface area contributed by atoms with Gasteiger partial charge in [0.1, 0.15) is 11.3 Å². The third-order valence-corrected chi connectivity index (χ3v) is 9.68. The molecular formula is C25H31ClN4O4S2. The Morgan fingerprint density at radius 2 is 1.69 bits per heavy atom. The van der Waals surface area contributed by atoms with Gasteiger partial charge in [-0.05, 0) is 49.2 Å². The Labute approximate surface area is 221 Å². The number of nitrogens with zero attached hydrogens (tertiary/aromatic N) is 4. The number of aromatic nitrogens is 1. The summed E-state index contributed by atoms with van der Waals surface area (Å²) < 4.78 is 33.8. The third-order valence-electron chi connectivity index (χ3n) is 6.19. The van der Waals surface area contributed by atoms with Crippen LogP contribution in [0.1, 0.15) is 37.0 Å². The van der Waals surface area contributed by atoms with E-state index >= 15 is 0 Å². The van der Waals surface area contributed by atoms with Crippen molar-refractivity contribution in [3.8, 4) is 5.75 Å². The molecule has 1 aliphatic rings. The van der Waals surface area contributed by atoms with Crippen molar-refractivity contribution in [2.75, 3.05) is 51.3 Å². The molecule has 1 aromatic heterocycles. The number of piperazine rings is 1. The van der Waals surface area contributed by atoms with Crippen LogP contribution in [0.2, 0.25) is 5.02 Å². The van der Waals surface area contributed by atoms with Gasteiger partial charge in [0.05, 0.1) is 21.7 Å². The van der Waals surface area contributed by atoms with Gasteiger partial charge in [-0.2, -0.15) is 4.31 Å². The normalized spacial score (nSPS) is 14.6. The number of benzene rings is 2. The number of sulfonamides is 1. The summed E-state index contributed by atoms with van der Waals surface area (Å²) in [6.45, 7) is 7.25. The van der Waals surface area contributed by atoms with E-state index in [1.165, 1.54) is 27.8 Å². The Balaban J connectivity index is 1.43. The molecule has 4 rings (SSSR count). The number of anilines is 1. The van der Waals surface area contributed by atoms with Crippen LogP contribution in [-0.4, -0.2) is 74.9 Å². The van der Waals surface area contributed by atoms with Crippen molar-refractivity contribution >= 4 is 54.2 Å². The molecule has 0 spiro atoms. The number of hydrogen-bond donors (Lipinski definition) is 0. The minimum Gasteiger partial charge on any atom is -0.494 e. The molecule has 11 heteroatoms. The van der Waals surface area contributed by atoms with Gasteiger partial charge >= 0.3 is 0 Å². The highest BCUT2D eigenvalue weighted by atomic mass is 35.5. The van der Waals surface area contributed by atoms with Crippen molar-refractivity contribution in [3.63, 3.8) is 0 Å². The summed E-state index contributed by atoms with van der Waals surface area (Å²) in [5, 5.41) is 1.49. The first-order valence-corrected chi connectivity index (χ1v) is 14.7. The molecule has 1 saturated heterocycles. The summed E-state index contributed by atoms with van der Waals surface area (Å²) in [4.78, 5) is 22.0. The molecule has 8 nitrogen and oxygen atoms in total. The van der Waals surface area contributed by atoms with Crippen LogP contribution in [0.4, 0.5) is 5.13 Å². The van der Waals surface area contributed by atoms with Gasteiger partial charge in [0.25, 0.3) is 5.91 Å². The lowest BCUT2D eigenvalue weighted by molar-refractivity contribution is 0.0746. The van der Waals surface area contributed by atoms with Gasteiger partial charge in [0.2, 0.25) is 10.0 Å². The highest BCUT2D eigenvalue weighted by Crippen LogP contribution is 2.38. The fourth-order valence-electron chi connectivity index (χ4n) is 4.29. The van der Waals surface area contributed by atoms with Crippen molar-refractivity contribution < 1.29 is 17.9 Å². The number of halogens is 1. The molecule has 0 N–H and O–H groups in total. The lowest BCUT2D eigenvalue weighted by Crippen LogP contribution is -2.48. The lowest BCUT2D eigenvalue weighted by Gasteiger charge is -2.34. The second-order valence-electron chi connectivity index (χ2n) is 8.63. The molecule has 3 aromatic rings. The standard InChI is InChI=1S/C25H31ClN4O4S2/c1-4-12-30(13-5-2)36(32,33)19-8-6-18(7-9-19)24(31)28-14-16-29(17-15-28)25-27-22-21(34-3)11-10-20(26)23(22)35-25/h6-11H,4-5,12-17H2,1-3H3. The van der Waals surface area contributed by atoms with Crippen molar-refractivity contribution in [3.05, 3.63) is 47.0 Å². The zero-order chi connectivity index (χ0) is 25.9. The summed E-state index contributed by atoms with van der Waals surface area (Å²) in [7, 11) is -1.96. The molecule has 1 amide bonds. The molecule has 2 aromatic carbocycles. The highest BCUT2D eigenvalue weighted by molar-refractivity contribution is 7.89. The van der Waals surface area contributed by atoms with Crippen LogP contribution in [-0.2, 0) is 10.0 Å². The van der Waals surface area contributed by atoms with E-state index in [-0.39, 0.29) is 10.8 Å². The maximum Gasteiger partial charge on any atom is 0.253 e. The molecule has 0 unspecified atom stereocenters. The largest absolute Gasteiger partial charge is 0.494 e. The number of carbonyl (C=O) groups is 1. The smallest absolute Gasteiger partial charge is 0.253 e. The number of rotatable bonds is 9. The Bertz CT molecular complexity index is 1310. The molecule has 0 radical (unpaired) electrons. The summed E-state index contributed by atoms with van der Waals surface area (Å²) >= 11 is 7.88. The summed E-state index contributed by atoms with van der Waals surface area (Å²) in [5.74, 6) is 0.579. The van der Waals surface area contributed by atoms with Gasteiger partial charge in [0.15, 0.2) is 5.13 Å². The number of thiazole rings is 1. The molecule has 1 fully saturated rings. The summed E-state index contributed by atoms with van der Waals surface area (Å²) in [6.07, 6.45) is 1.50. The van der Waals surface area contributed by atoms with Crippen LogP contribution >= 0.6 is 22.9 Å². The first-order valence-electron chi connectivity index (χ1n) is 12.1. The number of fused-ring (bicyclic) bond motifs is 1. The van der Waals surface area contributed by atoms with E-state index in [2.05, 4.69) is 4.90 Å². The van der Waals surface area contributed by atoms with E-state index in [9.17, 15) is 13.2 Å². The molecule has 0 saturated carbocycles. The van der Waals surface area contributed by atoms with Crippen LogP contribution in [0.3, 0.4) is 0 Å². The van der Waals surface area contributed by atoms with Gasteiger partial charge in [-0.15, -0.1) is 0 Å². The van der Waals surface area contributed by atoms with Crippen LogP contribution in [0.5, 0.6) is 5.75 Å². The Morgan fingerprint density at radius 3 is 2.28 bits per heavy atom. The molecule has 1 aliphatic heterocycles. The number of ether oxygens (including phenoxy) is 1. The van der Waals surface area contributed by atoms with E-state index < -0.39 is 10.0 Å². The zero-order valence-corrected chi connectivity index (χ0v) is 23.1. The van der Waals surface area contributed by atoms with E-state index in [4.69, 9.17) is 21.3 Å². The number of hydrogen-bond acceptors (Lipinski definition) is 7. The fourth-order valence-corrected chi connectivity index (χ4v) is 7.23. The first kappa shape index (κ1) is 26.7. The predicted octanol–water partition coefficient (Wildman–Crippen LogP) is 4.73. The molecule has 36 heavy (non-hydrogen) atoms. The minimum atomic E-state index is -3.57. The van der Waals surface area contributed by atoms with Crippen molar-refractivity contribution in [2.45, 2.75) is 31.6 Å². The van der Waals surface area contributed by atoms with Crippen LogP contribution in [0.25, 0.3) is 10.2 Å². The Morgan fingerprint density at radius 1 is 1.06 bits per heavy atom. The molecular weight excluding hydrogens is 520 g/mol. The Hall–Kier alpha value is -2.40. The monoisotopic (exact) mass is 550 g/mol. The van der Waals surface area contributed by atoms with Crippen molar-refractivity contribution in [2.24, 2.45) is 0 Å². The van der Waals surface area contributed by atoms with E-state index in [1.54, 1.807) is 24.1 Å². The maximum atomic E-state index is 13.1. The van der Waals surface area contributed by atoms with E-state index in [0.29, 0.717) is 55.6 Å². The fraction of sp³-hybridized carbons (Fsp3) is 0.440. The topological polar surface area (TPSA) is 83.1 Å². The maximum absolute atomic E-state index is 13.1. The second-order valence-corrected chi connectivity index (χ2v) is 12.0. The number of amides is 1. The van der Waals surface area contributed by atoms with Crippen molar-refractivity contribution in [1.82, 2.24) is 14.2 Å². The predicted molar refractivity (Wildman–Crippen MR) is 145 cm³/mol. The number of carbonyl (C=O) groups excluding carboxylic acids is 1. The van der Waals surface area contributed by atoms with Crippen LogP contribution in [0, 0.1) is 0 Å².